The van der Waals surface area contributed by atoms with Crippen LogP contribution in [-0.2, 0) is 9.59 Å². The van der Waals surface area contributed by atoms with Gasteiger partial charge in [0.15, 0.2) is 0 Å². The van der Waals surface area contributed by atoms with Crippen LogP contribution < -0.4 is 22.2 Å². The van der Waals surface area contributed by atoms with Gasteiger partial charge in [-0.1, -0.05) is 0 Å². The highest BCUT2D eigenvalue weighted by Gasteiger charge is 2.26. The zero-order chi connectivity index (χ0) is 19.5. The zero-order valence-corrected chi connectivity index (χ0v) is 14.9. The molecule has 8 nitrogen and oxygen atoms in total. The summed E-state index contributed by atoms with van der Waals surface area (Å²) in [6.07, 6.45) is 0. The van der Waals surface area contributed by atoms with Crippen molar-refractivity contribution in [1.29, 1.82) is 0 Å². The molecule has 3 aromatic rings. The Labute approximate surface area is 153 Å². The van der Waals surface area contributed by atoms with Crippen molar-refractivity contribution >= 4 is 55.2 Å². The predicted molar refractivity (Wildman–Crippen MR) is 96.0 cm³/mol. The lowest BCUT2D eigenvalue weighted by molar-refractivity contribution is -0.115. The summed E-state index contributed by atoms with van der Waals surface area (Å²) < 4.78 is 1.35. The second-order valence-electron chi connectivity index (χ2n) is 5.86. The molecule has 0 saturated heterocycles. The summed E-state index contributed by atoms with van der Waals surface area (Å²) in [5, 5.41) is -2.28. The van der Waals surface area contributed by atoms with Crippen LogP contribution in [0.3, 0.4) is 0 Å². The molecule has 0 saturated carbocycles. The Morgan fingerprint density at radius 1 is 0.692 bits per heavy atom. The van der Waals surface area contributed by atoms with Crippen LogP contribution in [0.15, 0.2) is 31.3 Å². The van der Waals surface area contributed by atoms with Crippen LogP contribution in [0.25, 0.3) is 21.5 Å². The van der Waals surface area contributed by atoms with E-state index in [0.29, 0.717) is 9.13 Å². The van der Waals surface area contributed by atoms with Gasteiger partial charge in [0.1, 0.15) is 12.1 Å². The number of hydrogen-bond acceptors (Lipinski definition) is 6. The summed E-state index contributed by atoms with van der Waals surface area (Å²) >= 11 is 10.7. The van der Waals surface area contributed by atoms with Crippen molar-refractivity contribution in [3.63, 3.8) is 0 Å². The first-order valence-corrected chi connectivity index (χ1v) is 8.16. The van der Waals surface area contributed by atoms with E-state index in [1.54, 1.807) is 0 Å². The van der Waals surface area contributed by atoms with Gasteiger partial charge in [0.05, 0.1) is 21.5 Å². The van der Waals surface area contributed by atoms with Gasteiger partial charge in [-0.05, 0) is 49.2 Å². The quantitative estimate of drug-likeness (QED) is 0.595. The van der Waals surface area contributed by atoms with Crippen LogP contribution in [0.2, 0.25) is 0 Å². The van der Waals surface area contributed by atoms with Crippen molar-refractivity contribution in [3.05, 3.63) is 53.5 Å². The second-order valence-corrected chi connectivity index (χ2v) is 6.61. The number of halogens is 2. The Morgan fingerprint density at radius 2 is 0.923 bits per heavy atom. The first kappa shape index (κ1) is 18.2. The van der Waals surface area contributed by atoms with Gasteiger partial charge in [-0.2, -0.15) is 0 Å². The molecule has 0 spiro atoms. The number of fused-ring (bicyclic) bond motifs is 2. The highest BCUT2D eigenvalue weighted by atomic mass is 35.5. The molecule has 134 valence electrons. The fourth-order valence-electron chi connectivity index (χ4n) is 2.92. The molecule has 0 fully saturated rings. The van der Waals surface area contributed by atoms with Gasteiger partial charge in [0, 0.05) is 0 Å². The minimum atomic E-state index is -1.20. The highest BCUT2D eigenvalue weighted by Crippen LogP contribution is 2.18. The lowest BCUT2D eigenvalue weighted by Gasteiger charge is -2.04. The number of benzene rings is 1. The molecule has 2 heterocycles. The molecule has 0 radical (unpaired) electrons. The Morgan fingerprint density at radius 3 is 1.12 bits per heavy atom. The molecule has 2 aromatic heterocycles. The fraction of sp³-hybridized carbons (Fsp3) is 0.250. The molecule has 1 aromatic carbocycles. The molecule has 0 N–H and O–H groups in total. The number of carbonyl (C=O) groups is 2. The lowest BCUT2D eigenvalue weighted by atomic mass is 10.1. The van der Waals surface area contributed by atoms with Crippen molar-refractivity contribution in [2.45, 2.75) is 25.9 Å². The Hall–Kier alpha value is -2.58. The van der Waals surface area contributed by atoms with Gasteiger partial charge >= 0.3 is 0 Å². The number of hydrogen-bond donors (Lipinski definition) is 0. The van der Waals surface area contributed by atoms with E-state index in [9.17, 15) is 28.8 Å². The van der Waals surface area contributed by atoms with Crippen molar-refractivity contribution in [2.75, 3.05) is 0 Å². The summed E-state index contributed by atoms with van der Waals surface area (Å²) in [5.41, 5.74) is -3.19. The van der Waals surface area contributed by atoms with E-state index < -0.39 is 44.8 Å². The maximum atomic E-state index is 12.5. The van der Waals surface area contributed by atoms with Gasteiger partial charge < -0.3 is 0 Å². The first-order chi connectivity index (χ1) is 12.1. The molecule has 0 aliphatic rings. The monoisotopic (exact) mass is 396 g/mol. The maximum absolute atomic E-state index is 12.5. The average molecular weight is 397 g/mol. The molecule has 10 heteroatoms. The standard InChI is InChI=1S/C16H10Cl2N2O6/c1-5(11(17)21)19-13(23)7-3-9-10(4-8(7)14(19)24)16(26)20(15(9)25)6(2)12(18)22/h3-6H,1-2H3. The van der Waals surface area contributed by atoms with E-state index in [4.69, 9.17) is 23.2 Å². The van der Waals surface area contributed by atoms with Crippen LogP contribution in [0.5, 0.6) is 0 Å². The molecule has 0 aliphatic heterocycles. The fourth-order valence-corrected chi connectivity index (χ4v) is 3.11. The molecular weight excluding hydrogens is 387 g/mol. The third kappa shape index (κ3) is 2.37. The van der Waals surface area contributed by atoms with Crippen molar-refractivity contribution < 1.29 is 9.59 Å². The number of nitrogens with zero attached hydrogens (tertiary/aromatic N) is 2. The van der Waals surface area contributed by atoms with Crippen LogP contribution in [0.1, 0.15) is 25.9 Å². The van der Waals surface area contributed by atoms with Gasteiger partial charge in [0.25, 0.3) is 22.2 Å². The first-order valence-electron chi connectivity index (χ1n) is 7.40. The molecule has 26 heavy (non-hydrogen) atoms. The summed E-state index contributed by atoms with van der Waals surface area (Å²) in [5.74, 6) is 0. The SMILES string of the molecule is CC(C(=O)Cl)n1c(=O)c2cc3c(=O)n(C(C)C(=O)Cl)c(=O)c3cc2c1=O. The van der Waals surface area contributed by atoms with Gasteiger partial charge in [0.2, 0.25) is 10.5 Å². The highest BCUT2D eigenvalue weighted by molar-refractivity contribution is 6.64. The van der Waals surface area contributed by atoms with Crippen LogP contribution in [0.4, 0.5) is 0 Å². The van der Waals surface area contributed by atoms with E-state index in [0.717, 1.165) is 12.1 Å². The topological polar surface area (TPSA) is 112 Å². The average Bonchev–Trinajstić information content (AvgIpc) is 2.97. The van der Waals surface area contributed by atoms with Crippen LogP contribution in [-0.4, -0.2) is 19.6 Å². The van der Waals surface area contributed by atoms with Crippen molar-refractivity contribution in [3.8, 4) is 0 Å². The molecule has 0 bridgehead atoms. The molecule has 2 unspecified atom stereocenters. The van der Waals surface area contributed by atoms with E-state index >= 15 is 0 Å². The van der Waals surface area contributed by atoms with Crippen molar-refractivity contribution in [2.24, 2.45) is 0 Å². The van der Waals surface area contributed by atoms with E-state index in [2.05, 4.69) is 0 Å². The van der Waals surface area contributed by atoms with Crippen LogP contribution in [0, 0.1) is 0 Å². The summed E-state index contributed by atoms with van der Waals surface area (Å²) in [4.78, 5) is 72.5. The summed E-state index contributed by atoms with van der Waals surface area (Å²) in [6, 6.07) is -0.171. The van der Waals surface area contributed by atoms with E-state index in [-0.39, 0.29) is 21.5 Å². The predicted octanol–water partition coefficient (Wildman–Crippen LogP) is 0.565. The third-order valence-electron chi connectivity index (χ3n) is 4.39. The molecule has 3 rings (SSSR count). The van der Waals surface area contributed by atoms with Gasteiger partial charge in [-0.15, -0.1) is 0 Å². The number of carbonyl (C=O) groups excluding carboxylic acids is 2. The molecule has 2 atom stereocenters. The maximum Gasteiger partial charge on any atom is 0.262 e. The van der Waals surface area contributed by atoms with Gasteiger partial charge in [-0.3, -0.25) is 37.9 Å². The van der Waals surface area contributed by atoms with Crippen LogP contribution >= 0.6 is 23.2 Å². The smallest absolute Gasteiger partial charge is 0.262 e. The third-order valence-corrected chi connectivity index (χ3v) is 5.02. The minimum absolute atomic E-state index is 0.119. The van der Waals surface area contributed by atoms with E-state index in [1.165, 1.54) is 13.8 Å². The molecular formula is C16H10Cl2N2O6. The largest absolute Gasteiger partial charge is 0.279 e. The Balaban J connectivity index is 2.46. The molecule has 0 aliphatic carbocycles. The van der Waals surface area contributed by atoms with Crippen molar-refractivity contribution in [1.82, 2.24) is 9.13 Å². The van der Waals surface area contributed by atoms with Gasteiger partial charge in [-0.25, -0.2) is 0 Å². The van der Waals surface area contributed by atoms with E-state index in [1.807, 2.05) is 0 Å². The lowest BCUT2D eigenvalue weighted by Crippen LogP contribution is -2.31. The number of rotatable bonds is 4. The zero-order valence-electron chi connectivity index (χ0n) is 13.4. The Kier molecular flexibility index (Phi) is 4.20. The second kappa shape index (κ2) is 6.00. The number of aromatic nitrogens is 2. The Bertz CT molecular complexity index is 1130. The summed E-state index contributed by atoms with van der Waals surface area (Å²) in [7, 11) is 0. The normalized spacial score (nSPS) is 14.0. The minimum Gasteiger partial charge on any atom is -0.279 e. The molecule has 0 amide bonds. The summed E-state index contributed by atoms with van der Waals surface area (Å²) in [6.45, 7) is 2.58.